The predicted molar refractivity (Wildman–Crippen MR) is 63.4 cm³/mol. The molecule has 0 amide bonds. The van der Waals surface area contributed by atoms with Crippen LogP contribution in [0.3, 0.4) is 0 Å². The van der Waals surface area contributed by atoms with Crippen molar-refractivity contribution in [3.8, 4) is 0 Å². The number of carboxylic acid groups (broad SMARTS) is 1. The lowest BCUT2D eigenvalue weighted by Crippen LogP contribution is -2.53. The molecule has 0 bridgehead atoms. The maximum Gasteiger partial charge on any atom is 0.323 e. The molecule has 1 N–H and O–H groups in total. The minimum absolute atomic E-state index is 0.606. The average molecular weight is 225 g/mol. The molecule has 1 saturated carbocycles. The molecule has 2 aliphatic rings. The van der Waals surface area contributed by atoms with E-state index in [9.17, 15) is 9.90 Å². The van der Waals surface area contributed by atoms with E-state index in [-0.39, 0.29) is 0 Å². The van der Waals surface area contributed by atoms with Gasteiger partial charge in [-0.15, -0.1) is 0 Å². The normalized spacial score (nSPS) is 27.1. The van der Waals surface area contributed by atoms with Crippen LogP contribution >= 0.6 is 0 Å². The number of carbonyl (C=O) groups is 1. The number of carboxylic acids is 1. The lowest BCUT2D eigenvalue weighted by molar-refractivity contribution is -0.151. The van der Waals surface area contributed by atoms with Crippen molar-refractivity contribution < 1.29 is 9.90 Å². The lowest BCUT2D eigenvalue weighted by atomic mass is 9.92. The van der Waals surface area contributed by atoms with Crippen LogP contribution in [-0.2, 0) is 4.79 Å². The predicted octanol–water partition coefficient (Wildman–Crippen LogP) is 2.51. The van der Waals surface area contributed by atoms with Crippen LogP contribution in [0.5, 0.6) is 0 Å². The molecular formula is C13H23NO2. The Morgan fingerprint density at radius 3 is 2.25 bits per heavy atom. The summed E-state index contributed by atoms with van der Waals surface area (Å²) in [5.41, 5.74) is -0.606. The molecule has 1 heterocycles. The van der Waals surface area contributed by atoms with Gasteiger partial charge in [0.1, 0.15) is 5.54 Å². The molecule has 1 unspecified atom stereocenters. The molecule has 1 saturated heterocycles. The van der Waals surface area contributed by atoms with Gasteiger partial charge in [-0.2, -0.15) is 0 Å². The van der Waals surface area contributed by atoms with Crippen LogP contribution in [0.15, 0.2) is 0 Å². The van der Waals surface area contributed by atoms with E-state index in [4.69, 9.17) is 0 Å². The Balaban J connectivity index is 2.05. The Kier molecular flexibility index (Phi) is 3.53. The summed E-state index contributed by atoms with van der Waals surface area (Å²) in [6.45, 7) is 3.87. The third-order valence-corrected chi connectivity index (χ3v) is 4.15. The molecule has 3 nitrogen and oxygen atoms in total. The van der Waals surface area contributed by atoms with Gasteiger partial charge >= 0.3 is 5.97 Å². The standard InChI is InChI=1S/C13H23NO2/c1-13(12(15)16,10-11-6-7-11)14-8-4-2-3-5-9-14/h11H,2-10H2,1H3,(H,15,16). The van der Waals surface area contributed by atoms with E-state index >= 15 is 0 Å². The van der Waals surface area contributed by atoms with Gasteiger partial charge in [-0.3, -0.25) is 9.69 Å². The fourth-order valence-corrected chi connectivity index (χ4v) is 2.80. The molecule has 92 valence electrons. The Bertz CT molecular complexity index is 255. The van der Waals surface area contributed by atoms with E-state index in [1.807, 2.05) is 6.92 Å². The van der Waals surface area contributed by atoms with E-state index in [2.05, 4.69) is 4.90 Å². The van der Waals surface area contributed by atoms with Crippen LogP contribution in [0.2, 0.25) is 0 Å². The summed E-state index contributed by atoms with van der Waals surface area (Å²) in [4.78, 5) is 13.8. The molecule has 1 atom stereocenters. The summed E-state index contributed by atoms with van der Waals surface area (Å²) >= 11 is 0. The molecule has 1 aliphatic heterocycles. The van der Waals surface area contributed by atoms with Crippen LogP contribution in [-0.4, -0.2) is 34.6 Å². The van der Waals surface area contributed by atoms with Gasteiger partial charge in [0.15, 0.2) is 0 Å². The molecule has 2 fully saturated rings. The second-order valence-corrected chi connectivity index (χ2v) is 5.63. The van der Waals surface area contributed by atoms with Crippen molar-refractivity contribution in [2.45, 2.75) is 57.4 Å². The zero-order valence-electron chi connectivity index (χ0n) is 10.2. The van der Waals surface area contributed by atoms with Crippen LogP contribution in [0, 0.1) is 5.92 Å². The van der Waals surface area contributed by atoms with Crippen LogP contribution in [0.4, 0.5) is 0 Å². The fourth-order valence-electron chi connectivity index (χ4n) is 2.80. The first-order chi connectivity index (χ1) is 7.63. The van der Waals surface area contributed by atoms with Crippen LogP contribution < -0.4 is 0 Å². The maximum absolute atomic E-state index is 11.6. The molecule has 0 aromatic carbocycles. The van der Waals surface area contributed by atoms with E-state index < -0.39 is 11.5 Å². The van der Waals surface area contributed by atoms with Gasteiger partial charge in [0, 0.05) is 0 Å². The number of aliphatic carboxylic acids is 1. The highest BCUT2D eigenvalue weighted by Crippen LogP contribution is 2.39. The van der Waals surface area contributed by atoms with E-state index in [1.54, 1.807) is 0 Å². The second-order valence-electron chi connectivity index (χ2n) is 5.63. The SMILES string of the molecule is CC(CC1CC1)(C(=O)O)N1CCCCCC1. The van der Waals surface area contributed by atoms with E-state index in [1.165, 1.54) is 25.7 Å². The number of hydrogen-bond donors (Lipinski definition) is 1. The number of rotatable bonds is 4. The van der Waals surface area contributed by atoms with Gasteiger partial charge in [-0.25, -0.2) is 0 Å². The van der Waals surface area contributed by atoms with Crippen molar-refractivity contribution in [2.75, 3.05) is 13.1 Å². The summed E-state index contributed by atoms with van der Waals surface area (Å²) in [7, 11) is 0. The molecule has 0 aromatic heterocycles. The van der Waals surface area contributed by atoms with Crippen molar-refractivity contribution >= 4 is 5.97 Å². The van der Waals surface area contributed by atoms with Gasteiger partial charge in [0.2, 0.25) is 0 Å². The molecule has 16 heavy (non-hydrogen) atoms. The van der Waals surface area contributed by atoms with Crippen molar-refractivity contribution in [1.29, 1.82) is 0 Å². The summed E-state index contributed by atoms with van der Waals surface area (Å²) in [6.07, 6.45) is 8.15. The van der Waals surface area contributed by atoms with Gasteiger partial charge in [-0.1, -0.05) is 25.7 Å². The Morgan fingerprint density at radius 2 is 1.81 bits per heavy atom. The molecular weight excluding hydrogens is 202 g/mol. The second kappa shape index (κ2) is 4.74. The van der Waals surface area contributed by atoms with Crippen LogP contribution in [0.1, 0.15) is 51.9 Å². The average Bonchev–Trinajstić information content (AvgIpc) is 3.01. The summed E-state index contributed by atoms with van der Waals surface area (Å²) in [5.74, 6) is 0.0469. The molecule has 0 aromatic rings. The third-order valence-electron chi connectivity index (χ3n) is 4.15. The fraction of sp³-hybridized carbons (Fsp3) is 0.923. The zero-order chi connectivity index (χ0) is 11.6. The molecule has 0 radical (unpaired) electrons. The quantitative estimate of drug-likeness (QED) is 0.799. The Morgan fingerprint density at radius 1 is 1.25 bits per heavy atom. The van der Waals surface area contributed by atoms with Crippen molar-refractivity contribution in [1.82, 2.24) is 4.90 Å². The summed E-state index contributed by atoms with van der Waals surface area (Å²) in [6, 6.07) is 0. The number of hydrogen-bond acceptors (Lipinski definition) is 2. The van der Waals surface area contributed by atoms with Crippen molar-refractivity contribution in [2.24, 2.45) is 5.92 Å². The highest BCUT2D eigenvalue weighted by Gasteiger charge is 2.43. The zero-order valence-corrected chi connectivity index (χ0v) is 10.2. The van der Waals surface area contributed by atoms with Crippen LogP contribution in [0.25, 0.3) is 0 Å². The third kappa shape index (κ3) is 2.57. The maximum atomic E-state index is 11.6. The minimum atomic E-state index is -0.624. The minimum Gasteiger partial charge on any atom is -0.480 e. The first-order valence-corrected chi connectivity index (χ1v) is 6.61. The van der Waals surface area contributed by atoms with E-state index in [0.29, 0.717) is 5.92 Å². The van der Waals surface area contributed by atoms with E-state index in [0.717, 1.165) is 32.4 Å². The van der Waals surface area contributed by atoms with Gasteiger partial charge in [-0.05, 0) is 45.2 Å². The number of likely N-dealkylation sites (tertiary alicyclic amines) is 1. The Labute approximate surface area is 97.8 Å². The molecule has 1 aliphatic carbocycles. The summed E-state index contributed by atoms with van der Waals surface area (Å²) < 4.78 is 0. The summed E-state index contributed by atoms with van der Waals surface area (Å²) in [5, 5.41) is 9.51. The molecule has 0 spiro atoms. The first kappa shape index (κ1) is 11.9. The largest absolute Gasteiger partial charge is 0.480 e. The molecule has 2 rings (SSSR count). The Hall–Kier alpha value is -0.570. The highest BCUT2D eigenvalue weighted by atomic mass is 16.4. The van der Waals surface area contributed by atoms with Gasteiger partial charge < -0.3 is 5.11 Å². The lowest BCUT2D eigenvalue weighted by Gasteiger charge is -2.37. The van der Waals surface area contributed by atoms with Gasteiger partial charge in [0.05, 0.1) is 0 Å². The van der Waals surface area contributed by atoms with Gasteiger partial charge in [0.25, 0.3) is 0 Å². The topological polar surface area (TPSA) is 40.5 Å². The monoisotopic (exact) mass is 225 g/mol. The van der Waals surface area contributed by atoms with Crippen molar-refractivity contribution in [3.05, 3.63) is 0 Å². The first-order valence-electron chi connectivity index (χ1n) is 6.61. The number of nitrogens with zero attached hydrogens (tertiary/aromatic N) is 1. The smallest absolute Gasteiger partial charge is 0.323 e. The highest BCUT2D eigenvalue weighted by molar-refractivity contribution is 5.78. The van der Waals surface area contributed by atoms with Crippen molar-refractivity contribution in [3.63, 3.8) is 0 Å². The molecule has 3 heteroatoms.